The molecule has 1 aliphatic rings. The highest BCUT2D eigenvalue weighted by Crippen LogP contribution is 2.31. The zero-order valence-electron chi connectivity index (χ0n) is 16.4. The molecular formula is C19H20ClN3O4S3. The van der Waals surface area contributed by atoms with Gasteiger partial charge in [0.25, 0.3) is 15.9 Å². The number of rotatable bonds is 4. The Balaban J connectivity index is 1.59. The van der Waals surface area contributed by atoms with Gasteiger partial charge in [-0.05, 0) is 43.2 Å². The fourth-order valence-electron chi connectivity index (χ4n) is 3.46. The maximum atomic E-state index is 12.9. The summed E-state index contributed by atoms with van der Waals surface area (Å²) < 4.78 is 35.8. The molecule has 7 nitrogen and oxygen atoms in total. The second-order valence-electron chi connectivity index (χ2n) is 6.99. The van der Waals surface area contributed by atoms with E-state index in [1.807, 2.05) is 29.8 Å². The summed E-state index contributed by atoms with van der Waals surface area (Å²) in [7, 11) is -0.195. The van der Waals surface area contributed by atoms with Crippen LogP contribution in [0.15, 0.2) is 39.5 Å². The molecule has 1 aromatic carbocycles. The molecule has 1 saturated heterocycles. The van der Waals surface area contributed by atoms with Crippen molar-refractivity contribution in [1.82, 2.24) is 8.87 Å². The van der Waals surface area contributed by atoms with Crippen LogP contribution < -0.4 is 9.54 Å². The summed E-state index contributed by atoms with van der Waals surface area (Å²) in [6.45, 7) is 0.515. The molecule has 0 N–H and O–H groups in total. The number of ether oxygens (including phenoxy) is 1. The molecule has 1 fully saturated rings. The third kappa shape index (κ3) is 4.06. The van der Waals surface area contributed by atoms with Crippen LogP contribution in [0, 0.1) is 5.92 Å². The molecule has 0 radical (unpaired) electrons. The lowest BCUT2D eigenvalue weighted by Crippen LogP contribution is -2.42. The predicted octanol–water partition coefficient (Wildman–Crippen LogP) is 3.49. The van der Waals surface area contributed by atoms with Crippen LogP contribution in [0.3, 0.4) is 0 Å². The fourth-order valence-corrected chi connectivity index (χ4v) is 7.67. The number of carbonyl (C=O) groups is 1. The van der Waals surface area contributed by atoms with E-state index >= 15 is 0 Å². The monoisotopic (exact) mass is 485 g/mol. The summed E-state index contributed by atoms with van der Waals surface area (Å²) in [5.74, 6) is -0.0269. The Bertz CT molecular complexity index is 1280. The van der Waals surface area contributed by atoms with Gasteiger partial charge in [0.2, 0.25) is 0 Å². The van der Waals surface area contributed by atoms with Crippen molar-refractivity contribution in [2.45, 2.75) is 17.1 Å². The number of benzene rings is 1. The summed E-state index contributed by atoms with van der Waals surface area (Å²) in [5, 5.41) is 0. The number of thiophene rings is 1. The number of thiazole rings is 1. The number of amides is 1. The van der Waals surface area contributed by atoms with Gasteiger partial charge in [-0.3, -0.25) is 4.79 Å². The largest absolute Gasteiger partial charge is 0.497 e. The minimum absolute atomic E-state index is 0.128. The van der Waals surface area contributed by atoms with Crippen LogP contribution >= 0.6 is 34.3 Å². The predicted molar refractivity (Wildman–Crippen MR) is 119 cm³/mol. The quantitative estimate of drug-likeness (QED) is 0.566. The van der Waals surface area contributed by atoms with Crippen molar-refractivity contribution in [2.24, 2.45) is 18.0 Å². The van der Waals surface area contributed by atoms with Gasteiger partial charge in [-0.2, -0.15) is 9.30 Å². The Morgan fingerprint density at radius 3 is 2.77 bits per heavy atom. The van der Waals surface area contributed by atoms with Crippen LogP contribution in [0.2, 0.25) is 4.34 Å². The molecule has 0 aliphatic carbocycles. The standard InChI is InChI=1S/C19H20ClN3O4S3/c1-22-14-6-5-13(27-2)10-15(14)28-19(22)21-18(24)12-4-3-9-23(11-12)30(25,26)17-8-7-16(20)29-17/h5-8,10,12H,3-4,9,11H2,1-2H3. The van der Waals surface area contributed by atoms with E-state index in [1.54, 1.807) is 13.2 Å². The van der Waals surface area contributed by atoms with Crippen molar-refractivity contribution in [3.05, 3.63) is 39.5 Å². The highest BCUT2D eigenvalue weighted by atomic mass is 35.5. The van der Waals surface area contributed by atoms with Crippen LogP contribution in [0.5, 0.6) is 5.75 Å². The van der Waals surface area contributed by atoms with E-state index in [9.17, 15) is 13.2 Å². The van der Waals surface area contributed by atoms with Crippen molar-refractivity contribution in [2.75, 3.05) is 20.2 Å². The number of fused-ring (bicyclic) bond motifs is 1. The third-order valence-electron chi connectivity index (χ3n) is 5.10. The number of aryl methyl sites for hydroxylation is 1. The Labute approximate surface area is 187 Å². The van der Waals surface area contributed by atoms with Crippen LogP contribution in [0.25, 0.3) is 10.2 Å². The van der Waals surface area contributed by atoms with Crippen LogP contribution in [0.4, 0.5) is 0 Å². The Morgan fingerprint density at radius 1 is 1.27 bits per heavy atom. The van der Waals surface area contributed by atoms with Gasteiger partial charge in [0.05, 0.1) is 27.6 Å². The number of nitrogens with zero attached hydrogens (tertiary/aromatic N) is 3. The van der Waals surface area contributed by atoms with E-state index in [2.05, 4.69) is 4.99 Å². The van der Waals surface area contributed by atoms with E-state index in [-0.39, 0.29) is 16.7 Å². The summed E-state index contributed by atoms with van der Waals surface area (Å²) >= 11 is 8.33. The number of halogens is 1. The first-order valence-corrected chi connectivity index (χ1v) is 12.7. The van der Waals surface area contributed by atoms with Crippen molar-refractivity contribution in [3.63, 3.8) is 0 Å². The van der Waals surface area contributed by atoms with E-state index < -0.39 is 15.9 Å². The SMILES string of the molecule is COc1ccc2c(c1)sc(=NC(=O)C1CCCN(S(=O)(=O)c3ccc(Cl)s3)C1)n2C. The van der Waals surface area contributed by atoms with Gasteiger partial charge in [0, 0.05) is 20.1 Å². The van der Waals surface area contributed by atoms with E-state index in [0.29, 0.717) is 28.5 Å². The molecule has 1 amide bonds. The number of hydrogen-bond acceptors (Lipinski definition) is 6. The van der Waals surface area contributed by atoms with Gasteiger partial charge in [0.15, 0.2) is 4.80 Å². The first-order chi connectivity index (χ1) is 14.3. The van der Waals surface area contributed by atoms with E-state index in [4.69, 9.17) is 16.3 Å². The third-order valence-corrected chi connectivity index (χ3v) is 9.76. The molecule has 11 heteroatoms. The molecule has 0 spiro atoms. The van der Waals surface area contributed by atoms with Crippen molar-refractivity contribution >= 4 is 60.4 Å². The van der Waals surface area contributed by atoms with Crippen molar-refractivity contribution < 1.29 is 17.9 Å². The lowest BCUT2D eigenvalue weighted by atomic mass is 9.99. The highest BCUT2D eigenvalue weighted by Gasteiger charge is 2.34. The normalized spacial score (nSPS) is 18.8. The van der Waals surface area contributed by atoms with Crippen LogP contribution in [0.1, 0.15) is 12.8 Å². The highest BCUT2D eigenvalue weighted by molar-refractivity contribution is 7.91. The topological polar surface area (TPSA) is 81.0 Å². The molecule has 1 aliphatic heterocycles. The Morgan fingerprint density at radius 2 is 2.07 bits per heavy atom. The second-order valence-corrected chi connectivity index (χ2v) is 11.9. The van der Waals surface area contributed by atoms with Gasteiger partial charge in [-0.1, -0.05) is 22.9 Å². The molecule has 3 aromatic rings. The Hall–Kier alpha value is -1.72. The summed E-state index contributed by atoms with van der Waals surface area (Å²) in [6.07, 6.45) is 1.22. The van der Waals surface area contributed by atoms with E-state index in [0.717, 1.165) is 27.3 Å². The average Bonchev–Trinajstić information content (AvgIpc) is 3.31. The maximum Gasteiger partial charge on any atom is 0.252 e. The van der Waals surface area contributed by atoms with Gasteiger partial charge in [-0.15, -0.1) is 11.3 Å². The molecule has 1 atom stereocenters. The summed E-state index contributed by atoms with van der Waals surface area (Å²) in [6, 6.07) is 8.77. The van der Waals surface area contributed by atoms with Gasteiger partial charge in [-0.25, -0.2) is 8.42 Å². The zero-order valence-corrected chi connectivity index (χ0v) is 19.6. The molecule has 30 heavy (non-hydrogen) atoms. The van der Waals surface area contributed by atoms with E-state index in [1.165, 1.54) is 21.7 Å². The number of sulfonamides is 1. The molecule has 4 rings (SSSR count). The first kappa shape index (κ1) is 21.5. The van der Waals surface area contributed by atoms with Gasteiger partial charge >= 0.3 is 0 Å². The summed E-state index contributed by atoms with van der Waals surface area (Å²) in [4.78, 5) is 17.8. The van der Waals surface area contributed by atoms with Crippen LogP contribution in [-0.2, 0) is 21.9 Å². The Kier molecular flexibility index (Phi) is 6.04. The molecule has 0 saturated carbocycles. The van der Waals surface area contributed by atoms with Gasteiger partial charge in [0.1, 0.15) is 9.96 Å². The number of piperidine rings is 1. The minimum Gasteiger partial charge on any atom is -0.497 e. The lowest BCUT2D eigenvalue weighted by molar-refractivity contribution is -0.122. The molecule has 1 unspecified atom stereocenters. The van der Waals surface area contributed by atoms with Crippen molar-refractivity contribution in [1.29, 1.82) is 0 Å². The molecule has 0 bridgehead atoms. The minimum atomic E-state index is -3.66. The maximum absolute atomic E-state index is 12.9. The van der Waals surface area contributed by atoms with Gasteiger partial charge < -0.3 is 9.30 Å². The smallest absolute Gasteiger partial charge is 0.252 e. The molecular weight excluding hydrogens is 466 g/mol. The average molecular weight is 486 g/mol. The van der Waals surface area contributed by atoms with Crippen LogP contribution in [-0.4, -0.2) is 43.4 Å². The zero-order chi connectivity index (χ0) is 21.5. The van der Waals surface area contributed by atoms with Crippen molar-refractivity contribution in [3.8, 4) is 5.75 Å². The fraction of sp³-hybridized carbons (Fsp3) is 0.368. The number of hydrogen-bond donors (Lipinski definition) is 0. The number of methoxy groups -OCH3 is 1. The molecule has 160 valence electrons. The summed E-state index contributed by atoms with van der Waals surface area (Å²) in [5.41, 5.74) is 0.953. The lowest BCUT2D eigenvalue weighted by Gasteiger charge is -2.29. The number of carbonyl (C=O) groups excluding carboxylic acids is 1. The number of aromatic nitrogens is 1. The molecule has 2 aromatic heterocycles. The second kappa shape index (κ2) is 8.43. The molecule has 3 heterocycles. The first-order valence-electron chi connectivity index (χ1n) is 9.27.